The number of carbonyl (C=O) groups is 1. The van der Waals surface area contributed by atoms with Gasteiger partial charge in [0.1, 0.15) is 5.82 Å². The Morgan fingerprint density at radius 1 is 1.33 bits per heavy atom. The molecule has 0 spiro atoms. The highest BCUT2D eigenvalue weighted by atomic mass is 19.1. The molecule has 1 amide bonds. The molecule has 1 saturated heterocycles. The SMILES string of the molecule is Cc1cc(F)ccc1N1CCCCC1=O. The van der Waals surface area contributed by atoms with Gasteiger partial charge in [-0.3, -0.25) is 4.79 Å². The van der Waals surface area contributed by atoms with Crippen LogP contribution in [-0.2, 0) is 4.79 Å². The molecule has 1 aromatic rings. The first-order chi connectivity index (χ1) is 7.18. The minimum absolute atomic E-state index is 0.149. The van der Waals surface area contributed by atoms with E-state index >= 15 is 0 Å². The van der Waals surface area contributed by atoms with E-state index in [1.54, 1.807) is 11.0 Å². The predicted molar refractivity (Wildman–Crippen MR) is 57.3 cm³/mol. The number of hydrogen-bond donors (Lipinski definition) is 0. The van der Waals surface area contributed by atoms with E-state index in [2.05, 4.69) is 0 Å². The van der Waals surface area contributed by atoms with Crippen LogP contribution in [0.5, 0.6) is 0 Å². The summed E-state index contributed by atoms with van der Waals surface area (Å²) in [6.07, 6.45) is 2.61. The maximum atomic E-state index is 12.9. The van der Waals surface area contributed by atoms with Crippen LogP contribution in [0.1, 0.15) is 24.8 Å². The number of aryl methyl sites for hydroxylation is 1. The fourth-order valence-corrected chi connectivity index (χ4v) is 1.98. The third-order valence-corrected chi connectivity index (χ3v) is 2.77. The summed E-state index contributed by atoms with van der Waals surface area (Å²) in [5.41, 5.74) is 1.67. The summed E-state index contributed by atoms with van der Waals surface area (Å²) in [6.45, 7) is 2.59. The van der Waals surface area contributed by atoms with E-state index < -0.39 is 0 Å². The van der Waals surface area contributed by atoms with E-state index in [4.69, 9.17) is 0 Å². The molecule has 0 aromatic heterocycles. The smallest absolute Gasteiger partial charge is 0.226 e. The van der Waals surface area contributed by atoms with Crippen LogP contribution in [0.2, 0.25) is 0 Å². The fourth-order valence-electron chi connectivity index (χ4n) is 1.98. The lowest BCUT2D eigenvalue weighted by atomic mass is 10.1. The van der Waals surface area contributed by atoms with Gasteiger partial charge in [0.25, 0.3) is 0 Å². The van der Waals surface area contributed by atoms with Gasteiger partial charge in [-0.05, 0) is 43.5 Å². The predicted octanol–water partition coefficient (Wildman–Crippen LogP) is 2.65. The zero-order valence-corrected chi connectivity index (χ0v) is 8.79. The molecule has 2 nitrogen and oxygen atoms in total. The van der Waals surface area contributed by atoms with Crippen molar-refractivity contribution in [3.05, 3.63) is 29.6 Å². The normalized spacial score (nSPS) is 16.9. The lowest BCUT2D eigenvalue weighted by Gasteiger charge is -2.28. The number of hydrogen-bond acceptors (Lipinski definition) is 1. The van der Waals surface area contributed by atoms with Crippen molar-refractivity contribution in [3.8, 4) is 0 Å². The van der Waals surface area contributed by atoms with Gasteiger partial charge >= 0.3 is 0 Å². The van der Waals surface area contributed by atoms with Crippen molar-refractivity contribution in [2.45, 2.75) is 26.2 Å². The van der Waals surface area contributed by atoms with Gasteiger partial charge in [-0.25, -0.2) is 4.39 Å². The number of carbonyl (C=O) groups excluding carboxylic acids is 1. The van der Waals surface area contributed by atoms with E-state index in [-0.39, 0.29) is 11.7 Å². The zero-order chi connectivity index (χ0) is 10.8. The molecule has 3 heteroatoms. The second-order valence-electron chi connectivity index (χ2n) is 3.93. The molecule has 0 N–H and O–H groups in total. The molecule has 0 unspecified atom stereocenters. The average molecular weight is 207 g/mol. The molecule has 0 atom stereocenters. The molecular formula is C12H14FNO. The molecule has 0 bridgehead atoms. The lowest BCUT2D eigenvalue weighted by molar-refractivity contribution is -0.119. The van der Waals surface area contributed by atoms with E-state index in [0.29, 0.717) is 6.42 Å². The number of halogens is 1. The number of anilines is 1. The summed E-state index contributed by atoms with van der Waals surface area (Å²) in [7, 11) is 0. The average Bonchev–Trinajstić information content (AvgIpc) is 2.20. The van der Waals surface area contributed by atoms with Gasteiger partial charge in [0.05, 0.1) is 0 Å². The summed E-state index contributed by atoms with van der Waals surface area (Å²) in [4.78, 5) is 13.4. The number of amides is 1. The van der Waals surface area contributed by atoms with Crippen LogP contribution in [0.3, 0.4) is 0 Å². The quantitative estimate of drug-likeness (QED) is 0.693. The van der Waals surface area contributed by atoms with Crippen LogP contribution in [0.25, 0.3) is 0 Å². The summed E-state index contributed by atoms with van der Waals surface area (Å²) < 4.78 is 12.9. The first-order valence-electron chi connectivity index (χ1n) is 5.25. The van der Waals surface area contributed by atoms with Crippen molar-refractivity contribution in [1.82, 2.24) is 0 Å². The molecular weight excluding hydrogens is 193 g/mol. The first-order valence-corrected chi connectivity index (χ1v) is 5.25. The molecule has 1 aliphatic rings. The van der Waals surface area contributed by atoms with Crippen LogP contribution in [-0.4, -0.2) is 12.5 Å². The molecule has 0 saturated carbocycles. The van der Waals surface area contributed by atoms with E-state index in [1.165, 1.54) is 12.1 Å². The Bertz CT molecular complexity index is 389. The zero-order valence-electron chi connectivity index (χ0n) is 8.79. The summed E-state index contributed by atoms with van der Waals surface area (Å²) in [5.74, 6) is -0.100. The fraction of sp³-hybridized carbons (Fsp3) is 0.417. The summed E-state index contributed by atoms with van der Waals surface area (Å²) >= 11 is 0. The van der Waals surface area contributed by atoms with Crippen LogP contribution in [0.4, 0.5) is 10.1 Å². The van der Waals surface area contributed by atoms with Gasteiger partial charge < -0.3 is 4.90 Å². The summed E-state index contributed by atoms with van der Waals surface area (Å²) in [6, 6.07) is 4.56. The highest BCUT2D eigenvalue weighted by Crippen LogP contribution is 2.24. The minimum Gasteiger partial charge on any atom is -0.312 e. The van der Waals surface area contributed by atoms with E-state index in [1.807, 2.05) is 6.92 Å². The van der Waals surface area contributed by atoms with Crippen molar-refractivity contribution in [2.75, 3.05) is 11.4 Å². The van der Waals surface area contributed by atoms with Crippen molar-refractivity contribution in [1.29, 1.82) is 0 Å². The lowest BCUT2D eigenvalue weighted by Crippen LogP contribution is -2.35. The summed E-state index contributed by atoms with van der Waals surface area (Å²) in [5, 5.41) is 0. The Morgan fingerprint density at radius 3 is 2.80 bits per heavy atom. The van der Waals surface area contributed by atoms with E-state index in [0.717, 1.165) is 30.6 Å². The molecule has 1 aromatic carbocycles. The Hall–Kier alpha value is -1.38. The Morgan fingerprint density at radius 2 is 2.13 bits per heavy atom. The highest BCUT2D eigenvalue weighted by Gasteiger charge is 2.20. The van der Waals surface area contributed by atoms with Crippen molar-refractivity contribution in [3.63, 3.8) is 0 Å². The maximum absolute atomic E-state index is 12.9. The van der Waals surface area contributed by atoms with Crippen molar-refractivity contribution < 1.29 is 9.18 Å². The molecule has 1 fully saturated rings. The molecule has 0 aliphatic carbocycles. The molecule has 2 rings (SSSR count). The van der Waals surface area contributed by atoms with Crippen LogP contribution < -0.4 is 4.90 Å². The number of rotatable bonds is 1. The molecule has 1 heterocycles. The molecule has 15 heavy (non-hydrogen) atoms. The molecule has 0 radical (unpaired) electrons. The van der Waals surface area contributed by atoms with Crippen LogP contribution in [0.15, 0.2) is 18.2 Å². The highest BCUT2D eigenvalue weighted by molar-refractivity contribution is 5.94. The monoisotopic (exact) mass is 207 g/mol. The Kier molecular flexibility index (Phi) is 2.71. The Labute approximate surface area is 88.7 Å². The minimum atomic E-state index is -0.249. The van der Waals surface area contributed by atoms with Crippen LogP contribution >= 0.6 is 0 Å². The second kappa shape index (κ2) is 4.01. The van der Waals surface area contributed by atoms with Gasteiger partial charge in [0.2, 0.25) is 5.91 Å². The van der Waals surface area contributed by atoms with E-state index in [9.17, 15) is 9.18 Å². The van der Waals surface area contributed by atoms with Crippen molar-refractivity contribution in [2.24, 2.45) is 0 Å². The van der Waals surface area contributed by atoms with Gasteiger partial charge in [0, 0.05) is 18.7 Å². The third-order valence-electron chi connectivity index (χ3n) is 2.77. The maximum Gasteiger partial charge on any atom is 0.226 e. The number of benzene rings is 1. The number of nitrogens with zero attached hydrogens (tertiary/aromatic N) is 1. The van der Waals surface area contributed by atoms with Gasteiger partial charge in [-0.15, -0.1) is 0 Å². The third kappa shape index (κ3) is 2.01. The largest absolute Gasteiger partial charge is 0.312 e. The Balaban J connectivity index is 2.31. The number of piperidine rings is 1. The topological polar surface area (TPSA) is 20.3 Å². The van der Waals surface area contributed by atoms with Crippen LogP contribution in [0, 0.1) is 12.7 Å². The van der Waals surface area contributed by atoms with Gasteiger partial charge in [-0.2, -0.15) is 0 Å². The van der Waals surface area contributed by atoms with Crippen molar-refractivity contribution >= 4 is 11.6 Å². The molecule has 80 valence electrons. The second-order valence-corrected chi connectivity index (χ2v) is 3.93. The standard InChI is InChI=1S/C12H14FNO/c1-9-8-10(13)5-6-11(9)14-7-3-2-4-12(14)15/h5-6,8H,2-4,7H2,1H3. The molecule has 1 aliphatic heterocycles. The van der Waals surface area contributed by atoms with Gasteiger partial charge in [-0.1, -0.05) is 0 Å². The first kappa shape index (κ1) is 10.1. The van der Waals surface area contributed by atoms with Gasteiger partial charge in [0.15, 0.2) is 0 Å².